The van der Waals surface area contributed by atoms with Crippen LogP contribution in [0.15, 0.2) is 78.9 Å². The van der Waals surface area contributed by atoms with Gasteiger partial charge in [-0.05, 0) is 54.6 Å². The van der Waals surface area contributed by atoms with Gasteiger partial charge in [0.2, 0.25) is 0 Å². The molecule has 10 nitrogen and oxygen atoms in total. The number of H-pyrrole nitrogens is 1. The van der Waals surface area contributed by atoms with Crippen LogP contribution in [0, 0.1) is 5.82 Å². The van der Waals surface area contributed by atoms with E-state index < -0.39 is 11.8 Å². The number of rotatable bonds is 9. The molecule has 5 rings (SSSR count). The molecule has 0 bridgehead atoms. The van der Waals surface area contributed by atoms with E-state index in [4.69, 9.17) is 9.47 Å². The molecule has 0 spiro atoms. The number of benzene rings is 3. The summed E-state index contributed by atoms with van der Waals surface area (Å²) in [5.74, 6) is 0.439. The summed E-state index contributed by atoms with van der Waals surface area (Å²) in [6.45, 7) is 4.74. The lowest BCUT2D eigenvalue weighted by Gasteiger charge is -2.26. The molecule has 1 aliphatic rings. The Morgan fingerprint density at radius 1 is 0.925 bits per heavy atom. The molecule has 4 aromatic rings. The Bertz CT molecular complexity index is 1440. The first-order chi connectivity index (χ1) is 19.5. The fourth-order valence-electron chi connectivity index (χ4n) is 4.13. The van der Waals surface area contributed by atoms with E-state index in [9.17, 15) is 14.0 Å². The smallest absolute Gasteiger partial charge is 0.323 e. The minimum atomic E-state index is -0.490. The van der Waals surface area contributed by atoms with Gasteiger partial charge in [0.25, 0.3) is 5.91 Å². The molecular weight excluding hydrogens is 515 g/mol. The van der Waals surface area contributed by atoms with Crippen molar-refractivity contribution in [3.8, 4) is 17.0 Å². The van der Waals surface area contributed by atoms with E-state index in [1.165, 1.54) is 18.2 Å². The second-order valence-corrected chi connectivity index (χ2v) is 9.11. The van der Waals surface area contributed by atoms with Gasteiger partial charge in [-0.1, -0.05) is 18.2 Å². The standard InChI is InChI=1S/C29H29FN6O4/c30-22-2-1-3-24(18-22)32-29(38)31-23-8-4-20(5-9-23)26-19-27(35-34-26)33-28(37)21-6-10-25(11-7-21)40-17-14-36-12-15-39-16-13-36/h1-11,18-19H,12-17H2,(H2,31,32,38)(H2,33,34,35,37). The van der Waals surface area contributed by atoms with Crippen LogP contribution in [-0.4, -0.2) is 66.5 Å². The van der Waals surface area contributed by atoms with Crippen LogP contribution in [0.3, 0.4) is 0 Å². The summed E-state index contributed by atoms with van der Waals surface area (Å²) < 4.78 is 24.5. The van der Waals surface area contributed by atoms with Crippen molar-refractivity contribution < 1.29 is 23.5 Å². The van der Waals surface area contributed by atoms with E-state index in [0.717, 1.165) is 38.4 Å². The first-order valence-corrected chi connectivity index (χ1v) is 12.9. The zero-order valence-electron chi connectivity index (χ0n) is 21.7. The van der Waals surface area contributed by atoms with Gasteiger partial charge in [0.1, 0.15) is 24.0 Å². The minimum absolute atomic E-state index is 0.279. The zero-order valence-corrected chi connectivity index (χ0v) is 21.7. The number of urea groups is 1. The number of aromatic amines is 1. The number of nitrogens with one attached hydrogen (secondary N) is 4. The van der Waals surface area contributed by atoms with E-state index in [2.05, 4.69) is 31.0 Å². The van der Waals surface area contributed by atoms with Crippen LogP contribution in [0.2, 0.25) is 0 Å². The number of ether oxygens (including phenoxy) is 2. The Morgan fingerprint density at radius 3 is 2.42 bits per heavy atom. The highest BCUT2D eigenvalue weighted by molar-refractivity contribution is 6.04. The molecule has 0 atom stereocenters. The number of carbonyl (C=O) groups is 2. The first-order valence-electron chi connectivity index (χ1n) is 12.9. The molecule has 3 amide bonds. The predicted molar refractivity (Wildman–Crippen MR) is 150 cm³/mol. The molecule has 1 aliphatic heterocycles. The lowest BCUT2D eigenvalue weighted by atomic mass is 10.1. The number of morpholine rings is 1. The lowest BCUT2D eigenvalue weighted by molar-refractivity contribution is 0.0322. The summed E-state index contributed by atoms with van der Waals surface area (Å²) in [4.78, 5) is 27.2. The third-order valence-corrected chi connectivity index (χ3v) is 6.24. The van der Waals surface area contributed by atoms with Crippen molar-refractivity contribution in [2.75, 3.05) is 55.4 Å². The molecule has 1 saturated heterocycles. The third kappa shape index (κ3) is 7.43. The van der Waals surface area contributed by atoms with Gasteiger partial charge in [-0.3, -0.25) is 14.8 Å². The predicted octanol–water partition coefficient (Wildman–Crippen LogP) is 4.82. The molecule has 1 aromatic heterocycles. The minimum Gasteiger partial charge on any atom is -0.492 e. The molecule has 0 aliphatic carbocycles. The summed E-state index contributed by atoms with van der Waals surface area (Å²) in [6, 6.07) is 20.9. The van der Waals surface area contributed by atoms with Crippen LogP contribution in [0.5, 0.6) is 5.75 Å². The van der Waals surface area contributed by atoms with Crippen molar-refractivity contribution in [1.82, 2.24) is 15.1 Å². The van der Waals surface area contributed by atoms with Gasteiger partial charge >= 0.3 is 6.03 Å². The van der Waals surface area contributed by atoms with Crippen LogP contribution in [0.4, 0.5) is 26.4 Å². The maximum atomic E-state index is 13.3. The highest BCUT2D eigenvalue weighted by Gasteiger charge is 2.12. The van der Waals surface area contributed by atoms with E-state index in [-0.39, 0.29) is 5.91 Å². The number of anilines is 3. The molecule has 0 saturated carbocycles. The monoisotopic (exact) mass is 544 g/mol. The van der Waals surface area contributed by atoms with Crippen LogP contribution < -0.4 is 20.7 Å². The molecule has 4 N–H and O–H groups in total. The molecule has 1 fully saturated rings. The van der Waals surface area contributed by atoms with Crippen molar-refractivity contribution in [3.05, 3.63) is 90.2 Å². The average Bonchev–Trinajstić information content (AvgIpc) is 3.43. The van der Waals surface area contributed by atoms with E-state index in [0.29, 0.717) is 40.8 Å². The topological polar surface area (TPSA) is 121 Å². The number of hydrogen-bond acceptors (Lipinski definition) is 6. The Hall–Kier alpha value is -4.74. The van der Waals surface area contributed by atoms with Crippen LogP contribution >= 0.6 is 0 Å². The van der Waals surface area contributed by atoms with Gasteiger partial charge in [-0.15, -0.1) is 0 Å². The van der Waals surface area contributed by atoms with Gasteiger partial charge in [0.15, 0.2) is 0 Å². The fraction of sp³-hybridized carbons (Fsp3) is 0.207. The first kappa shape index (κ1) is 26.9. The molecule has 40 heavy (non-hydrogen) atoms. The summed E-state index contributed by atoms with van der Waals surface area (Å²) in [7, 11) is 0. The number of amides is 3. The quantitative estimate of drug-likeness (QED) is 0.240. The third-order valence-electron chi connectivity index (χ3n) is 6.24. The second kappa shape index (κ2) is 12.9. The van der Waals surface area contributed by atoms with E-state index >= 15 is 0 Å². The lowest BCUT2D eigenvalue weighted by Crippen LogP contribution is -2.38. The second-order valence-electron chi connectivity index (χ2n) is 9.11. The largest absolute Gasteiger partial charge is 0.492 e. The molecule has 0 unspecified atom stereocenters. The normalized spacial score (nSPS) is 13.4. The van der Waals surface area contributed by atoms with Gasteiger partial charge in [-0.2, -0.15) is 5.10 Å². The summed E-state index contributed by atoms with van der Waals surface area (Å²) in [5.41, 5.74) is 2.80. The number of nitrogens with zero attached hydrogens (tertiary/aromatic N) is 2. The van der Waals surface area contributed by atoms with Crippen molar-refractivity contribution in [2.24, 2.45) is 0 Å². The fourth-order valence-corrected chi connectivity index (χ4v) is 4.13. The summed E-state index contributed by atoms with van der Waals surface area (Å²) in [5, 5.41) is 15.2. The molecule has 206 valence electrons. The van der Waals surface area contributed by atoms with Gasteiger partial charge < -0.3 is 25.4 Å². The van der Waals surface area contributed by atoms with Crippen molar-refractivity contribution >= 4 is 29.1 Å². The zero-order chi connectivity index (χ0) is 27.7. The van der Waals surface area contributed by atoms with Gasteiger partial charge in [0.05, 0.1) is 18.9 Å². The maximum Gasteiger partial charge on any atom is 0.323 e. The molecule has 3 aromatic carbocycles. The summed E-state index contributed by atoms with van der Waals surface area (Å²) >= 11 is 0. The molecule has 11 heteroatoms. The Labute approximate surface area is 230 Å². The Kier molecular flexibility index (Phi) is 8.64. The van der Waals surface area contributed by atoms with Crippen LogP contribution in [0.1, 0.15) is 10.4 Å². The molecular formula is C29H29FN6O4. The van der Waals surface area contributed by atoms with Crippen LogP contribution in [0.25, 0.3) is 11.3 Å². The van der Waals surface area contributed by atoms with Crippen LogP contribution in [-0.2, 0) is 4.74 Å². The Morgan fingerprint density at radius 2 is 1.68 bits per heavy atom. The number of hydrogen-bond donors (Lipinski definition) is 4. The maximum absolute atomic E-state index is 13.3. The molecule has 0 radical (unpaired) electrons. The van der Waals surface area contributed by atoms with E-state index in [1.54, 1.807) is 60.7 Å². The number of carbonyl (C=O) groups excluding carboxylic acids is 2. The van der Waals surface area contributed by atoms with Gasteiger partial charge in [-0.25, -0.2) is 9.18 Å². The Balaban J connectivity index is 1.10. The average molecular weight is 545 g/mol. The highest BCUT2D eigenvalue weighted by atomic mass is 19.1. The highest BCUT2D eigenvalue weighted by Crippen LogP contribution is 2.23. The van der Waals surface area contributed by atoms with Crippen molar-refractivity contribution in [2.45, 2.75) is 0 Å². The SMILES string of the molecule is O=C(Nc1ccc(-c2cc(NC(=O)c3ccc(OCCN4CCOCC4)cc3)[nH]n2)cc1)Nc1cccc(F)c1. The molecule has 2 heterocycles. The summed E-state index contributed by atoms with van der Waals surface area (Å²) in [6.07, 6.45) is 0. The van der Waals surface area contributed by atoms with Gasteiger partial charge in [0, 0.05) is 48.2 Å². The van der Waals surface area contributed by atoms with E-state index in [1.807, 2.05) is 0 Å². The van der Waals surface area contributed by atoms with Crippen molar-refractivity contribution in [1.29, 1.82) is 0 Å². The number of halogens is 1. The number of aromatic nitrogens is 2. The van der Waals surface area contributed by atoms with Crippen molar-refractivity contribution in [3.63, 3.8) is 0 Å².